The van der Waals surface area contributed by atoms with Crippen LogP contribution in [0.4, 0.5) is 5.69 Å². The molecule has 0 radical (unpaired) electrons. The van der Waals surface area contributed by atoms with Crippen molar-refractivity contribution in [3.8, 4) is 0 Å². The maximum Gasteiger partial charge on any atom is 0.261 e. The van der Waals surface area contributed by atoms with Crippen molar-refractivity contribution in [3.05, 3.63) is 51.8 Å². The van der Waals surface area contributed by atoms with E-state index in [1.807, 2.05) is 49.9 Å². The van der Waals surface area contributed by atoms with Gasteiger partial charge in [-0.3, -0.25) is 9.59 Å². The van der Waals surface area contributed by atoms with Gasteiger partial charge in [0.1, 0.15) is 10.7 Å². The standard InChI is InChI=1S/C21H22N4O2S/c1-12-18-13(2)23-14(3)24-21(18)28-19(12)20(27)22-11-15-6-8-16(9-7-15)25-10-4-5-17(25)26/h6-9H,4-5,10-11H2,1-3H3,(H,22,27). The molecular formula is C21H22N4O2S. The molecule has 1 aliphatic rings. The second-order valence-electron chi connectivity index (χ2n) is 7.09. The normalized spacial score (nSPS) is 14.1. The minimum Gasteiger partial charge on any atom is -0.347 e. The van der Waals surface area contributed by atoms with Crippen molar-refractivity contribution in [1.82, 2.24) is 15.3 Å². The number of carbonyl (C=O) groups is 2. The fourth-order valence-electron chi connectivity index (χ4n) is 3.67. The molecule has 0 aliphatic carbocycles. The van der Waals surface area contributed by atoms with Crippen molar-refractivity contribution in [2.75, 3.05) is 11.4 Å². The van der Waals surface area contributed by atoms with Crippen LogP contribution in [0.2, 0.25) is 0 Å². The van der Waals surface area contributed by atoms with Crippen molar-refractivity contribution in [2.45, 2.75) is 40.2 Å². The number of hydrogen-bond donors (Lipinski definition) is 1. The van der Waals surface area contributed by atoms with Crippen molar-refractivity contribution in [2.24, 2.45) is 0 Å². The Balaban J connectivity index is 1.47. The second-order valence-corrected chi connectivity index (χ2v) is 8.09. The molecule has 28 heavy (non-hydrogen) atoms. The number of benzene rings is 1. The van der Waals surface area contributed by atoms with Crippen LogP contribution in [0.15, 0.2) is 24.3 Å². The van der Waals surface area contributed by atoms with Gasteiger partial charge in [-0.05, 0) is 50.5 Å². The van der Waals surface area contributed by atoms with Gasteiger partial charge in [0, 0.05) is 36.3 Å². The third-order valence-corrected chi connectivity index (χ3v) is 6.25. The summed E-state index contributed by atoms with van der Waals surface area (Å²) in [7, 11) is 0. The van der Waals surface area contributed by atoms with Gasteiger partial charge in [-0.1, -0.05) is 12.1 Å². The molecule has 0 spiro atoms. The molecule has 144 valence electrons. The number of aryl methyl sites for hydroxylation is 3. The molecule has 2 aromatic heterocycles. The lowest BCUT2D eigenvalue weighted by atomic mass is 10.1. The lowest BCUT2D eigenvalue weighted by Crippen LogP contribution is -2.24. The number of anilines is 1. The van der Waals surface area contributed by atoms with Crippen LogP contribution in [0.5, 0.6) is 0 Å². The summed E-state index contributed by atoms with van der Waals surface area (Å²) in [6.45, 7) is 6.97. The molecule has 1 aliphatic heterocycles. The Morgan fingerprint density at radius 3 is 2.61 bits per heavy atom. The van der Waals surface area contributed by atoms with Crippen LogP contribution in [0.1, 0.15) is 45.2 Å². The molecule has 1 N–H and O–H groups in total. The van der Waals surface area contributed by atoms with E-state index >= 15 is 0 Å². The van der Waals surface area contributed by atoms with E-state index in [2.05, 4.69) is 15.3 Å². The minimum atomic E-state index is -0.101. The summed E-state index contributed by atoms with van der Waals surface area (Å²) in [5.41, 5.74) is 3.75. The molecule has 7 heteroatoms. The van der Waals surface area contributed by atoms with Gasteiger partial charge in [0.05, 0.1) is 4.88 Å². The molecule has 1 fully saturated rings. The fraction of sp³-hybridized carbons (Fsp3) is 0.333. The summed E-state index contributed by atoms with van der Waals surface area (Å²) in [6.07, 6.45) is 1.53. The zero-order chi connectivity index (χ0) is 19.8. The number of rotatable bonds is 4. The first-order chi connectivity index (χ1) is 13.4. The van der Waals surface area contributed by atoms with Crippen LogP contribution in [0, 0.1) is 20.8 Å². The van der Waals surface area contributed by atoms with Crippen molar-refractivity contribution < 1.29 is 9.59 Å². The van der Waals surface area contributed by atoms with Crippen LogP contribution >= 0.6 is 11.3 Å². The molecular weight excluding hydrogens is 372 g/mol. The molecule has 1 saturated heterocycles. The number of amides is 2. The highest BCUT2D eigenvalue weighted by Gasteiger charge is 2.21. The van der Waals surface area contributed by atoms with Crippen LogP contribution in [0.3, 0.4) is 0 Å². The number of aromatic nitrogens is 2. The maximum absolute atomic E-state index is 12.7. The Morgan fingerprint density at radius 1 is 1.18 bits per heavy atom. The molecule has 3 aromatic rings. The molecule has 0 saturated carbocycles. The largest absolute Gasteiger partial charge is 0.347 e. The lowest BCUT2D eigenvalue weighted by molar-refractivity contribution is -0.117. The second kappa shape index (κ2) is 7.31. The number of nitrogens with zero attached hydrogens (tertiary/aromatic N) is 3. The predicted molar refractivity (Wildman–Crippen MR) is 111 cm³/mol. The molecule has 4 rings (SSSR count). The third-order valence-electron chi connectivity index (χ3n) is 5.06. The topological polar surface area (TPSA) is 75.2 Å². The monoisotopic (exact) mass is 394 g/mol. The first-order valence-corrected chi connectivity index (χ1v) is 10.2. The zero-order valence-electron chi connectivity index (χ0n) is 16.2. The van der Waals surface area contributed by atoms with E-state index in [4.69, 9.17) is 0 Å². The van der Waals surface area contributed by atoms with E-state index in [1.54, 1.807) is 0 Å². The van der Waals surface area contributed by atoms with Gasteiger partial charge in [-0.25, -0.2) is 9.97 Å². The minimum absolute atomic E-state index is 0.101. The highest BCUT2D eigenvalue weighted by Crippen LogP contribution is 2.31. The molecule has 1 aromatic carbocycles. The summed E-state index contributed by atoms with van der Waals surface area (Å²) in [5.74, 6) is 0.793. The molecule has 2 amide bonds. The summed E-state index contributed by atoms with van der Waals surface area (Å²) in [6, 6.07) is 7.80. The Kier molecular flexibility index (Phi) is 4.85. The summed E-state index contributed by atoms with van der Waals surface area (Å²) in [5, 5.41) is 3.96. The van der Waals surface area contributed by atoms with Crippen molar-refractivity contribution in [3.63, 3.8) is 0 Å². The quantitative estimate of drug-likeness (QED) is 0.733. The van der Waals surface area contributed by atoms with Gasteiger partial charge < -0.3 is 10.2 Å². The van der Waals surface area contributed by atoms with Gasteiger partial charge in [0.25, 0.3) is 5.91 Å². The van der Waals surface area contributed by atoms with E-state index in [0.29, 0.717) is 17.8 Å². The van der Waals surface area contributed by atoms with Gasteiger partial charge in [0.15, 0.2) is 0 Å². The molecule has 0 bridgehead atoms. The average molecular weight is 395 g/mol. The highest BCUT2D eigenvalue weighted by molar-refractivity contribution is 7.20. The van der Waals surface area contributed by atoms with E-state index in [-0.39, 0.29) is 11.8 Å². The SMILES string of the molecule is Cc1nc(C)c2c(C)c(C(=O)NCc3ccc(N4CCCC4=O)cc3)sc2n1. The number of fused-ring (bicyclic) bond motifs is 1. The first kappa shape index (κ1) is 18.6. The van der Waals surface area contributed by atoms with Crippen LogP contribution < -0.4 is 10.2 Å². The summed E-state index contributed by atoms with van der Waals surface area (Å²) in [4.78, 5) is 36.8. The highest BCUT2D eigenvalue weighted by atomic mass is 32.1. The van der Waals surface area contributed by atoms with Crippen LogP contribution in [-0.4, -0.2) is 28.3 Å². The van der Waals surface area contributed by atoms with Crippen molar-refractivity contribution in [1.29, 1.82) is 0 Å². The maximum atomic E-state index is 12.7. The molecule has 6 nitrogen and oxygen atoms in total. The first-order valence-electron chi connectivity index (χ1n) is 9.36. The molecule has 0 unspecified atom stereocenters. The fourth-order valence-corrected chi connectivity index (χ4v) is 4.86. The molecule has 0 atom stereocenters. The summed E-state index contributed by atoms with van der Waals surface area (Å²) < 4.78 is 0. The van der Waals surface area contributed by atoms with Gasteiger partial charge in [-0.15, -0.1) is 11.3 Å². The van der Waals surface area contributed by atoms with E-state index in [1.165, 1.54) is 11.3 Å². The average Bonchev–Trinajstić information content (AvgIpc) is 3.23. The molecule has 3 heterocycles. The number of hydrogen-bond acceptors (Lipinski definition) is 5. The zero-order valence-corrected chi connectivity index (χ0v) is 17.0. The number of carbonyl (C=O) groups excluding carboxylic acids is 2. The van der Waals surface area contributed by atoms with Gasteiger partial charge >= 0.3 is 0 Å². The number of nitrogens with one attached hydrogen (secondary N) is 1. The number of thiophene rings is 1. The third kappa shape index (κ3) is 3.38. The van der Waals surface area contributed by atoms with E-state index in [9.17, 15) is 9.59 Å². The Labute approximate surface area is 167 Å². The van der Waals surface area contributed by atoms with E-state index < -0.39 is 0 Å². The predicted octanol–water partition coefficient (Wildman–Crippen LogP) is 3.67. The van der Waals surface area contributed by atoms with Crippen molar-refractivity contribution >= 4 is 39.1 Å². The Morgan fingerprint density at radius 2 is 1.93 bits per heavy atom. The summed E-state index contributed by atoms with van der Waals surface area (Å²) >= 11 is 1.41. The van der Waals surface area contributed by atoms with Gasteiger partial charge in [0.2, 0.25) is 5.91 Å². The smallest absolute Gasteiger partial charge is 0.261 e. The Hall–Kier alpha value is -2.80. The lowest BCUT2D eigenvalue weighted by Gasteiger charge is -2.16. The van der Waals surface area contributed by atoms with E-state index in [0.717, 1.165) is 51.5 Å². The van der Waals surface area contributed by atoms with Gasteiger partial charge in [-0.2, -0.15) is 0 Å². The van der Waals surface area contributed by atoms with Crippen LogP contribution in [-0.2, 0) is 11.3 Å². The Bertz CT molecular complexity index is 1070. The van der Waals surface area contributed by atoms with Crippen LogP contribution in [0.25, 0.3) is 10.2 Å².